The van der Waals surface area contributed by atoms with Crippen molar-refractivity contribution in [1.82, 2.24) is 20.5 Å². The number of aromatic nitrogens is 1. The number of carbonyl (C=O) groups is 2. The SMILES string of the molecule is CCOC(=O)N1CC=C(c2cccnc2N=C(N)Nc2ccc(C(=O)NCCC3CCCCN3)cc2)CC1. The number of carbonyl (C=O) groups excluding carboxylic acids is 2. The zero-order chi connectivity index (χ0) is 26.7. The molecule has 0 radical (unpaired) electrons. The first-order valence-electron chi connectivity index (χ1n) is 13.3. The zero-order valence-corrected chi connectivity index (χ0v) is 21.9. The molecule has 3 heterocycles. The lowest BCUT2D eigenvalue weighted by Gasteiger charge is -2.26. The third-order valence-corrected chi connectivity index (χ3v) is 6.70. The molecule has 4 rings (SSSR count). The highest BCUT2D eigenvalue weighted by molar-refractivity contribution is 5.97. The van der Waals surface area contributed by atoms with E-state index in [0.29, 0.717) is 55.8 Å². The van der Waals surface area contributed by atoms with E-state index in [1.54, 1.807) is 42.3 Å². The summed E-state index contributed by atoms with van der Waals surface area (Å²) in [7, 11) is 0. The maximum atomic E-state index is 12.5. The van der Waals surface area contributed by atoms with Gasteiger partial charge in [-0.25, -0.2) is 9.78 Å². The molecule has 1 saturated heterocycles. The summed E-state index contributed by atoms with van der Waals surface area (Å²) in [4.78, 5) is 35.1. The van der Waals surface area contributed by atoms with Crippen LogP contribution in [-0.4, -0.2) is 66.7 Å². The van der Waals surface area contributed by atoms with Gasteiger partial charge in [-0.3, -0.25) is 4.79 Å². The average Bonchev–Trinajstić information content (AvgIpc) is 2.94. The van der Waals surface area contributed by atoms with Gasteiger partial charge in [0.15, 0.2) is 11.8 Å². The number of hydrogen-bond donors (Lipinski definition) is 4. The molecule has 2 aromatic rings. The first-order chi connectivity index (χ1) is 18.5. The molecule has 38 heavy (non-hydrogen) atoms. The van der Waals surface area contributed by atoms with E-state index in [-0.39, 0.29) is 18.0 Å². The van der Waals surface area contributed by atoms with Crippen molar-refractivity contribution < 1.29 is 14.3 Å². The van der Waals surface area contributed by atoms with Gasteiger partial charge in [0.25, 0.3) is 5.91 Å². The maximum Gasteiger partial charge on any atom is 0.410 e. The van der Waals surface area contributed by atoms with Crippen molar-refractivity contribution in [3.05, 3.63) is 59.8 Å². The molecule has 5 N–H and O–H groups in total. The zero-order valence-electron chi connectivity index (χ0n) is 21.9. The summed E-state index contributed by atoms with van der Waals surface area (Å²) in [5.41, 5.74) is 9.43. The Bertz CT molecular complexity index is 1160. The van der Waals surface area contributed by atoms with Crippen LogP contribution in [0.3, 0.4) is 0 Å². The molecule has 0 aliphatic carbocycles. The van der Waals surface area contributed by atoms with Gasteiger partial charge in [0.1, 0.15) is 0 Å². The summed E-state index contributed by atoms with van der Waals surface area (Å²) in [6, 6.07) is 11.4. The summed E-state index contributed by atoms with van der Waals surface area (Å²) >= 11 is 0. The highest BCUT2D eigenvalue weighted by Crippen LogP contribution is 2.29. The van der Waals surface area contributed by atoms with Gasteiger partial charge in [-0.05, 0) is 81.1 Å². The molecule has 1 aromatic heterocycles. The van der Waals surface area contributed by atoms with Crippen LogP contribution in [0.15, 0.2) is 53.7 Å². The molecule has 0 spiro atoms. The topological polar surface area (TPSA) is 134 Å². The van der Waals surface area contributed by atoms with E-state index in [9.17, 15) is 9.59 Å². The number of aliphatic imine (C=N–C) groups is 1. The number of benzene rings is 1. The summed E-state index contributed by atoms with van der Waals surface area (Å²) in [5.74, 6) is 0.595. The summed E-state index contributed by atoms with van der Waals surface area (Å²) in [6.07, 6.45) is 8.62. The van der Waals surface area contributed by atoms with Crippen LogP contribution in [0.25, 0.3) is 5.57 Å². The lowest BCUT2D eigenvalue weighted by Crippen LogP contribution is -2.37. The average molecular weight is 520 g/mol. The molecule has 10 heteroatoms. The van der Waals surface area contributed by atoms with Crippen molar-refractivity contribution in [1.29, 1.82) is 0 Å². The second-order valence-corrected chi connectivity index (χ2v) is 9.39. The molecule has 202 valence electrons. The van der Waals surface area contributed by atoms with Gasteiger partial charge in [-0.15, -0.1) is 0 Å². The number of pyridine rings is 1. The van der Waals surface area contributed by atoms with Gasteiger partial charge in [-0.1, -0.05) is 12.5 Å². The maximum absolute atomic E-state index is 12.5. The number of nitrogens with two attached hydrogens (primary N) is 1. The molecule has 1 atom stereocenters. The summed E-state index contributed by atoms with van der Waals surface area (Å²) < 4.78 is 5.09. The van der Waals surface area contributed by atoms with Crippen molar-refractivity contribution in [3.8, 4) is 0 Å². The Morgan fingerprint density at radius 1 is 1.24 bits per heavy atom. The third kappa shape index (κ3) is 7.55. The third-order valence-electron chi connectivity index (χ3n) is 6.70. The molecule has 1 unspecified atom stereocenters. The van der Waals surface area contributed by atoms with Gasteiger partial charge < -0.3 is 31.3 Å². The van der Waals surface area contributed by atoms with Gasteiger partial charge in [0.05, 0.1) is 6.61 Å². The fourth-order valence-corrected chi connectivity index (χ4v) is 4.66. The minimum Gasteiger partial charge on any atom is -0.450 e. The van der Waals surface area contributed by atoms with Crippen LogP contribution in [-0.2, 0) is 4.74 Å². The van der Waals surface area contributed by atoms with Crippen LogP contribution < -0.4 is 21.7 Å². The second-order valence-electron chi connectivity index (χ2n) is 9.39. The predicted molar refractivity (Wildman–Crippen MR) is 149 cm³/mol. The molecule has 0 bridgehead atoms. The molecular formula is C28H37N7O3. The summed E-state index contributed by atoms with van der Waals surface area (Å²) in [6.45, 7) is 4.90. The number of piperidine rings is 1. The number of anilines is 1. The Morgan fingerprint density at radius 2 is 2.08 bits per heavy atom. The Morgan fingerprint density at radius 3 is 2.79 bits per heavy atom. The molecule has 1 aromatic carbocycles. The monoisotopic (exact) mass is 519 g/mol. The number of amides is 2. The normalized spacial score (nSPS) is 17.9. The molecule has 2 aliphatic heterocycles. The largest absolute Gasteiger partial charge is 0.450 e. The van der Waals surface area contributed by atoms with Crippen molar-refractivity contribution in [3.63, 3.8) is 0 Å². The lowest BCUT2D eigenvalue weighted by atomic mass is 10.0. The lowest BCUT2D eigenvalue weighted by molar-refractivity contribution is 0.0951. The fourth-order valence-electron chi connectivity index (χ4n) is 4.66. The van der Waals surface area contributed by atoms with Crippen LogP contribution in [0.5, 0.6) is 0 Å². The quantitative estimate of drug-likeness (QED) is 0.309. The summed E-state index contributed by atoms with van der Waals surface area (Å²) in [5, 5.41) is 9.57. The first kappa shape index (κ1) is 27.1. The van der Waals surface area contributed by atoms with E-state index in [1.165, 1.54) is 19.3 Å². The molecular weight excluding hydrogens is 482 g/mol. The van der Waals surface area contributed by atoms with Gasteiger partial charge in [0.2, 0.25) is 0 Å². The van der Waals surface area contributed by atoms with Crippen molar-refractivity contribution in [2.45, 2.75) is 45.1 Å². The van der Waals surface area contributed by atoms with E-state index >= 15 is 0 Å². The van der Waals surface area contributed by atoms with Crippen LogP contribution >= 0.6 is 0 Å². The smallest absolute Gasteiger partial charge is 0.410 e. The Balaban J connectivity index is 1.33. The van der Waals surface area contributed by atoms with Crippen LogP contribution in [0, 0.1) is 0 Å². The molecule has 0 saturated carbocycles. The number of nitrogens with one attached hydrogen (secondary N) is 3. The standard InChI is InChI=1S/C28H37N7O3/c1-2-38-28(37)35-18-13-20(14-19-35)24-7-5-16-31-25(24)34-27(29)33-23-10-8-21(9-11-23)26(36)32-17-12-22-6-3-4-15-30-22/h5,7-11,13,16,22,30H,2-4,6,12,14-15,17-19H2,1H3,(H,32,36)(H3,29,31,33,34). The van der Waals surface area contributed by atoms with Crippen molar-refractivity contribution in [2.24, 2.45) is 10.7 Å². The van der Waals surface area contributed by atoms with E-state index in [4.69, 9.17) is 10.5 Å². The highest BCUT2D eigenvalue weighted by Gasteiger charge is 2.20. The van der Waals surface area contributed by atoms with Crippen molar-refractivity contribution in [2.75, 3.05) is 38.1 Å². The Hall–Kier alpha value is -3.92. The molecule has 10 nitrogen and oxygen atoms in total. The van der Waals surface area contributed by atoms with Gasteiger partial charge in [-0.2, -0.15) is 4.99 Å². The molecule has 2 aliphatic rings. The Labute approximate surface area is 223 Å². The van der Waals surface area contributed by atoms with E-state index in [1.807, 2.05) is 18.2 Å². The second kappa shape index (κ2) is 13.6. The van der Waals surface area contributed by atoms with E-state index in [0.717, 1.165) is 24.1 Å². The van der Waals surface area contributed by atoms with Crippen LogP contribution in [0.1, 0.15) is 54.9 Å². The fraction of sp³-hybridized carbons (Fsp3) is 0.429. The predicted octanol–water partition coefficient (Wildman–Crippen LogP) is 3.65. The van der Waals surface area contributed by atoms with Crippen LogP contribution in [0.2, 0.25) is 0 Å². The van der Waals surface area contributed by atoms with Crippen LogP contribution in [0.4, 0.5) is 16.3 Å². The van der Waals surface area contributed by atoms with E-state index in [2.05, 4.69) is 25.9 Å². The minimum atomic E-state index is -0.305. The molecule has 1 fully saturated rings. The van der Waals surface area contributed by atoms with Crippen molar-refractivity contribution >= 4 is 35.0 Å². The number of hydrogen-bond acceptors (Lipinski definition) is 6. The van der Waals surface area contributed by atoms with Gasteiger partial charge >= 0.3 is 6.09 Å². The first-order valence-corrected chi connectivity index (χ1v) is 13.3. The minimum absolute atomic E-state index is 0.0885. The van der Waals surface area contributed by atoms with E-state index < -0.39 is 0 Å². The number of guanidine groups is 1. The van der Waals surface area contributed by atoms with Gasteiger partial charge in [0, 0.05) is 48.7 Å². The number of ether oxygens (including phenoxy) is 1. The highest BCUT2D eigenvalue weighted by atomic mass is 16.6. The Kier molecular flexibility index (Phi) is 9.69. The molecule has 2 amide bonds. The number of rotatable bonds is 8. The number of nitrogens with zero attached hydrogens (tertiary/aromatic N) is 3.